The number of benzene rings is 1. The molecule has 2 atom stereocenters. The van der Waals surface area contributed by atoms with Crippen molar-refractivity contribution in [1.29, 1.82) is 0 Å². The summed E-state index contributed by atoms with van der Waals surface area (Å²) in [5, 5.41) is 6.99. The number of guanidine groups is 1. The predicted molar refractivity (Wildman–Crippen MR) is 111 cm³/mol. The molecular formula is C20H32N4S. The Morgan fingerprint density at radius 2 is 2.16 bits per heavy atom. The number of thioether (sulfide) groups is 1. The molecule has 2 unspecified atom stereocenters. The zero-order valence-corrected chi connectivity index (χ0v) is 16.4. The van der Waals surface area contributed by atoms with Gasteiger partial charge in [-0.15, -0.1) is 0 Å². The SMILES string of the molecule is CCNC(=NCC1(C)CCCS1)NCC1CCN(c2ccccc2)C1. The second kappa shape index (κ2) is 8.84. The van der Waals surface area contributed by atoms with E-state index in [0.29, 0.717) is 10.7 Å². The van der Waals surface area contributed by atoms with Crippen LogP contribution in [0.5, 0.6) is 0 Å². The van der Waals surface area contributed by atoms with E-state index in [1.54, 1.807) is 0 Å². The molecule has 138 valence electrons. The summed E-state index contributed by atoms with van der Waals surface area (Å²) >= 11 is 2.08. The summed E-state index contributed by atoms with van der Waals surface area (Å²) in [5.41, 5.74) is 1.34. The summed E-state index contributed by atoms with van der Waals surface area (Å²) in [4.78, 5) is 7.36. The van der Waals surface area contributed by atoms with Gasteiger partial charge >= 0.3 is 0 Å². The normalized spacial score (nSPS) is 26.9. The number of hydrogen-bond acceptors (Lipinski definition) is 3. The quantitative estimate of drug-likeness (QED) is 0.603. The Hall–Kier alpha value is -1.36. The summed E-state index contributed by atoms with van der Waals surface area (Å²) in [6.07, 6.45) is 3.86. The lowest BCUT2D eigenvalue weighted by Crippen LogP contribution is -2.41. The zero-order valence-electron chi connectivity index (χ0n) is 15.6. The van der Waals surface area contributed by atoms with E-state index in [2.05, 4.69) is 71.5 Å². The molecule has 0 saturated carbocycles. The van der Waals surface area contributed by atoms with E-state index >= 15 is 0 Å². The van der Waals surface area contributed by atoms with Gasteiger partial charge < -0.3 is 15.5 Å². The van der Waals surface area contributed by atoms with Crippen LogP contribution in [0.2, 0.25) is 0 Å². The molecule has 1 aromatic carbocycles. The van der Waals surface area contributed by atoms with E-state index in [4.69, 9.17) is 4.99 Å². The summed E-state index contributed by atoms with van der Waals surface area (Å²) in [6.45, 7) is 9.59. The number of nitrogens with zero attached hydrogens (tertiary/aromatic N) is 2. The van der Waals surface area contributed by atoms with Crippen molar-refractivity contribution in [2.75, 3.05) is 43.4 Å². The number of anilines is 1. The van der Waals surface area contributed by atoms with Gasteiger partial charge in [0.25, 0.3) is 0 Å². The molecule has 0 amide bonds. The minimum Gasteiger partial charge on any atom is -0.371 e. The number of aliphatic imine (C=N–C) groups is 1. The van der Waals surface area contributed by atoms with Crippen molar-refractivity contribution < 1.29 is 0 Å². The standard InChI is InChI=1S/C20H32N4S/c1-3-21-19(23-16-20(2)11-7-13-25-20)22-14-17-10-12-24(15-17)18-8-5-4-6-9-18/h4-6,8-9,17H,3,7,10-16H2,1-2H3,(H2,21,22,23). The molecule has 2 heterocycles. The lowest BCUT2D eigenvalue weighted by molar-refractivity contribution is 0.562. The third kappa shape index (κ3) is 5.30. The highest BCUT2D eigenvalue weighted by Crippen LogP contribution is 2.37. The van der Waals surface area contributed by atoms with Crippen LogP contribution < -0.4 is 15.5 Å². The average Bonchev–Trinajstić information content (AvgIpc) is 3.28. The first-order valence-corrected chi connectivity index (χ1v) is 10.6. The summed E-state index contributed by atoms with van der Waals surface area (Å²) in [6, 6.07) is 10.8. The summed E-state index contributed by atoms with van der Waals surface area (Å²) in [5.74, 6) is 2.95. The lowest BCUT2D eigenvalue weighted by Gasteiger charge is -2.22. The van der Waals surface area contributed by atoms with Gasteiger partial charge in [-0.05, 0) is 56.9 Å². The molecule has 2 saturated heterocycles. The van der Waals surface area contributed by atoms with Gasteiger partial charge in [0.15, 0.2) is 5.96 Å². The van der Waals surface area contributed by atoms with Gasteiger partial charge in [0.1, 0.15) is 0 Å². The first kappa shape index (κ1) is 18.4. The maximum atomic E-state index is 4.87. The smallest absolute Gasteiger partial charge is 0.191 e. The van der Waals surface area contributed by atoms with Crippen LogP contribution in [0, 0.1) is 5.92 Å². The molecule has 2 aliphatic rings. The molecular weight excluding hydrogens is 328 g/mol. The van der Waals surface area contributed by atoms with Gasteiger partial charge in [-0.25, -0.2) is 0 Å². The van der Waals surface area contributed by atoms with Crippen LogP contribution in [-0.4, -0.2) is 49.2 Å². The van der Waals surface area contributed by atoms with Crippen LogP contribution in [0.15, 0.2) is 35.3 Å². The fraction of sp³-hybridized carbons (Fsp3) is 0.650. The second-order valence-corrected chi connectivity index (χ2v) is 9.10. The van der Waals surface area contributed by atoms with Crippen molar-refractivity contribution in [3.63, 3.8) is 0 Å². The summed E-state index contributed by atoms with van der Waals surface area (Å²) in [7, 11) is 0. The first-order valence-electron chi connectivity index (χ1n) is 9.65. The predicted octanol–water partition coefficient (Wildman–Crippen LogP) is 3.35. The van der Waals surface area contributed by atoms with Crippen molar-refractivity contribution in [2.24, 2.45) is 10.9 Å². The molecule has 2 N–H and O–H groups in total. The van der Waals surface area contributed by atoms with Crippen molar-refractivity contribution in [2.45, 2.75) is 37.9 Å². The highest BCUT2D eigenvalue weighted by atomic mass is 32.2. The van der Waals surface area contributed by atoms with Crippen LogP contribution in [0.4, 0.5) is 5.69 Å². The van der Waals surface area contributed by atoms with E-state index in [0.717, 1.165) is 38.7 Å². The average molecular weight is 361 g/mol. The lowest BCUT2D eigenvalue weighted by atomic mass is 10.1. The van der Waals surface area contributed by atoms with Crippen LogP contribution in [0.1, 0.15) is 33.1 Å². The Bertz CT molecular complexity index is 554. The van der Waals surface area contributed by atoms with Gasteiger partial charge in [0.05, 0.1) is 6.54 Å². The Morgan fingerprint density at radius 1 is 1.32 bits per heavy atom. The third-order valence-corrected chi connectivity index (χ3v) is 6.70. The molecule has 25 heavy (non-hydrogen) atoms. The van der Waals surface area contributed by atoms with Gasteiger partial charge in [-0.1, -0.05) is 18.2 Å². The van der Waals surface area contributed by atoms with Crippen molar-refractivity contribution in [3.8, 4) is 0 Å². The fourth-order valence-electron chi connectivity index (χ4n) is 3.66. The van der Waals surface area contributed by atoms with Gasteiger partial charge in [0.2, 0.25) is 0 Å². The van der Waals surface area contributed by atoms with E-state index in [1.165, 1.54) is 30.7 Å². The van der Waals surface area contributed by atoms with Crippen molar-refractivity contribution >= 4 is 23.4 Å². The Labute approximate surface area is 156 Å². The number of para-hydroxylation sites is 1. The molecule has 0 radical (unpaired) electrons. The van der Waals surface area contributed by atoms with Crippen molar-refractivity contribution in [1.82, 2.24) is 10.6 Å². The molecule has 0 aromatic heterocycles. The van der Waals surface area contributed by atoms with Crippen molar-refractivity contribution in [3.05, 3.63) is 30.3 Å². The Kier molecular flexibility index (Phi) is 6.51. The fourth-order valence-corrected chi connectivity index (χ4v) is 4.89. The minimum absolute atomic E-state index is 0.333. The monoisotopic (exact) mass is 360 g/mol. The number of rotatable bonds is 6. The van der Waals surface area contributed by atoms with E-state index < -0.39 is 0 Å². The third-order valence-electron chi connectivity index (χ3n) is 5.18. The maximum absolute atomic E-state index is 4.87. The molecule has 2 aliphatic heterocycles. The zero-order chi connectivity index (χ0) is 17.5. The second-order valence-electron chi connectivity index (χ2n) is 7.41. The molecule has 0 spiro atoms. The highest BCUT2D eigenvalue weighted by molar-refractivity contribution is 8.00. The van der Waals surface area contributed by atoms with E-state index in [1.807, 2.05) is 0 Å². The van der Waals surface area contributed by atoms with Gasteiger partial charge in [-0.2, -0.15) is 11.8 Å². The summed E-state index contributed by atoms with van der Waals surface area (Å²) < 4.78 is 0.333. The Balaban J connectivity index is 1.48. The topological polar surface area (TPSA) is 39.7 Å². The molecule has 5 heteroatoms. The van der Waals surface area contributed by atoms with Crippen LogP contribution in [-0.2, 0) is 0 Å². The number of hydrogen-bond donors (Lipinski definition) is 2. The molecule has 2 fully saturated rings. The van der Waals surface area contributed by atoms with Gasteiger partial charge in [-0.3, -0.25) is 4.99 Å². The minimum atomic E-state index is 0.333. The van der Waals surface area contributed by atoms with Crippen LogP contribution >= 0.6 is 11.8 Å². The van der Waals surface area contributed by atoms with E-state index in [9.17, 15) is 0 Å². The molecule has 1 aromatic rings. The number of nitrogens with one attached hydrogen (secondary N) is 2. The Morgan fingerprint density at radius 3 is 2.88 bits per heavy atom. The molecule has 4 nitrogen and oxygen atoms in total. The first-order chi connectivity index (χ1) is 12.2. The molecule has 3 rings (SSSR count). The van der Waals surface area contributed by atoms with E-state index in [-0.39, 0.29) is 0 Å². The molecule has 0 aliphatic carbocycles. The van der Waals surface area contributed by atoms with Gasteiger partial charge in [0, 0.05) is 36.6 Å². The maximum Gasteiger partial charge on any atom is 0.191 e. The molecule has 0 bridgehead atoms. The highest BCUT2D eigenvalue weighted by Gasteiger charge is 2.29. The van der Waals surface area contributed by atoms with Crippen LogP contribution in [0.25, 0.3) is 0 Å². The van der Waals surface area contributed by atoms with Crippen LogP contribution in [0.3, 0.4) is 0 Å². The largest absolute Gasteiger partial charge is 0.371 e.